The van der Waals surface area contributed by atoms with E-state index in [0.29, 0.717) is 12.6 Å². The Morgan fingerprint density at radius 1 is 1.22 bits per heavy atom. The van der Waals surface area contributed by atoms with Gasteiger partial charge in [0, 0.05) is 11.6 Å². The van der Waals surface area contributed by atoms with Gasteiger partial charge >= 0.3 is 0 Å². The van der Waals surface area contributed by atoms with Gasteiger partial charge in [0.2, 0.25) is 0 Å². The van der Waals surface area contributed by atoms with Gasteiger partial charge in [-0.3, -0.25) is 0 Å². The summed E-state index contributed by atoms with van der Waals surface area (Å²) in [6.07, 6.45) is 10.2. The zero-order valence-electron chi connectivity index (χ0n) is 12.0. The minimum atomic E-state index is 0.0208. The first-order chi connectivity index (χ1) is 8.79. The van der Waals surface area contributed by atoms with Crippen molar-refractivity contribution >= 4 is 0 Å². The van der Waals surface area contributed by atoms with E-state index in [0.717, 1.165) is 25.8 Å². The van der Waals surface area contributed by atoms with Crippen LogP contribution in [0.25, 0.3) is 0 Å². The van der Waals surface area contributed by atoms with Gasteiger partial charge in [0.25, 0.3) is 0 Å². The minimum absolute atomic E-state index is 0.0208. The van der Waals surface area contributed by atoms with Crippen LogP contribution in [0.5, 0.6) is 0 Å². The van der Waals surface area contributed by atoms with Gasteiger partial charge in [-0.05, 0) is 58.2 Å². The number of hydrogen-bond acceptors (Lipinski definition) is 3. The molecule has 106 valence electrons. The number of nitrogens with zero attached hydrogens (tertiary/aromatic N) is 1. The molecular weight excluding hydrogens is 224 g/mol. The standard InChI is InChI=1S/C15H30N2O/c1-2-9-16-15(13-18)8-7-14(12-15)17-10-5-3-4-6-11-17/h14,16,18H,2-13H2,1H3. The zero-order valence-corrected chi connectivity index (χ0v) is 12.0. The number of aliphatic hydroxyl groups is 1. The van der Waals surface area contributed by atoms with Crippen molar-refractivity contribution in [2.75, 3.05) is 26.2 Å². The molecule has 0 amide bonds. The van der Waals surface area contributed by atoms with Gasteiger partial charge in [-0.2, -0.15) is 0 Å². The normalized spacial score (nSPS) is 34.7. The molecule has 0 bridgehead atoms. The second-order valence-electron chi connectivity index (χ2n) is 6.21. The maximum atomic E-state index is 9.73. The molecule has 1 aliphatic carbocycles. The number of aliphatic hydroxyl groups excluding tert-OH is 1. The molecule has 1 aliphatic heterocycles. The predicted molar refractivity (Wildman–Crippen MR) is 75.8 cm³/mol. The molecule has 3 nitrogen and oxygen atoms in total. The van der Waals surface area contributed by atoms with E-state index >= 15 is 0 Å². The summed E-state index contributed by atoms with van der Waals surface area (Å²) in [5, 5.41) is 13.3. The fourth-order valence-electron chi connectivity index (χ4n) is 3.62. The number of rotatable bonds is 5. The van der Waals surface area contributed by atoms with Crippen LogP contribution in [-0.4, -0.2) is 47.8 Å². The molecule has 1 saturated carbocycles. The van der Waals surface area contributed by atoms with Crippen molar-refractivity contribution in [2.24, 2.45) is 0 Å². The van der Waals surface area contributed by atoms with Crippen LogP contribution in [-0.2, 0) is 0 Å². The fraction of sp³-hybridized carbons (Fsp3) is 1.00. The lowest BCUT2D eigenvalue weighted by Gasteiger charge is -2.32. The first kappa shape index (κ1) is 14.3. The highest BCUT2D eigenvalue weighted by molar-refractivity contribution is 4.99. The highest BCUT2D eigenvalue weighted by Crippen LogP contribution is 2.33. The van der Waals surface area contributed by atoms with Crippen molar-refractivity contribution < 1.29 is 5.11 Å². The number of likely N-dealkylation sites (tertiary alicyclic amines) is 1. The Morgan fingerprint density at radius 3 is 2.56 bits per heavy atom. The molecule has 0 spiro atoms. The Kier molecular flexibility index (Phi) is 5.46. The molecule has 1 saturated heterocycles. The maximum absolute atomic E-state index is 9.73. The van der Waals surface area contributed by atoms with E-state index < -0.39 is 0 Å². The highest BCUT2D eigenvalue weighted by atomic mass is 16.3. The van der Waals surface area contributed by atoms with Crippen molar-refractivity contribution in [3.8, 4) is 0 Å². The highest BCUT2D eigenvalue weighted by Gasteiger charge is 2.40. The van der Waals surface area contributed by atoms with Crippen molar-refractivity contribution in [3.63, 3.8) is 0 Å². The molecule has 0 aromatic rings. The molecule has 2 atom stereocenters. The maximum Gasteiger partial charge on any atom is 0.0613 e. The largest absolute Gasteiger partial charge is 0.394 e. The predicted octanol–water partition coefficient (Wildman–Crippen LogP) is 2.15. The molecule has 18 heavy (non-hydrogen) atoms. The second kappa shape index (κ2) is 6.88. The van der Waals surface area contributed by atoms with E-state index in [1.807, 2.05) is 0 Å². The van der Waals surface area contributed by atoms with Crippen LogP contribution in [0.2, 0.25) is 0 Å². The van der Waals surface area contributed by atoms with Crippen molar-refractivity contribution in [3.05, 3.63) is 0 Å². The Labute approximate surface area is 112 Å². The van der Waals surface area contributed by atoms with Gasteiger partial charge in [-0.1, -0.05) is 19.8 Å². The fourth-order valence-corrected chi connectivity index (χ4v) is 3.62. The molecule has 2 fully saturated rings. The second-order valence-corrected chi connectivity index (χ2v) is 6.21. The lowest BCUT2D eigenvalue weighted by Crippen LogP contribution is -2.48. The van der Waals surface area contributed by atoms with Gasteiger partial charge in [0.1, 0.15) is 0 Å². The van der Waals surface area contributed by atoms with Crippen LogP contribution in [0.15, 0.2) is 0 Å². The first-order valence-corrected chi connectivity index (χ1v) is 7.89. The Morgan fingerprint density at radius 2 is 1.94 bits per heavy atom. The Balaban J connectivity index is 1.88. The lowest BCUT2D eigenvalue weighted by molar-refractivity contribution is 0.143. The molecule has 3 heteroatoms. The summed E-state index contributed by atoms with van der Waals surface area (Å²) in [6, 6.07) is 0.708. The van der Waals surface area contributed by atoms with E-state index in [1.165, 1.54) is 45.2 Å². The van der Waals surface area contributed by atoms with Crippen LogP contribution in [0, 0.1) is 0 Å². The average molecular weight is 254 g/mol. The summed E-state index contributed by atoms with van der Waals surface area (Å²) < 4.78 is 0. The van der Waals surface area contributed by atoms with E-state index in [9.17, 15) is 5.11 Å². The molecule has 2 rings (SSSR count). The van der Waals surface area contributed by atoms with Crippen LogP contribution in [0.3, 0.4) is 0 Å². The molecule has 0 radical (unpaired) electrons. The molecule has 0 aromatic carbocycles. The van der Waals surface area contributed by atoms with Crippen LogP contribution in [0.4, 0.5) is 0 Å². The van der Waals surface area contributed by atoms with Crippen molar-refractivity contribution in [1.29, 1.82) is 0 Å². The van der Waals surface area contributed by atoms with Gasteiger partial charge in [0.05, 0.1) is 6.61 Å². The number of hydrogen-bond donors (Lipinski definition) is 2. The molecular formula is C15H30N2O. The Hall–Kier alpha value is -0.120. The van der Waals surface area contributed by atoms with Crippen LogP contribution in [0.1, 0.15) is 58.3 Å². The lowest BCUT2D eigenvalue weighted by atomic mass is 9.98. The molecule has 0 aromatic heterocycles. The number of nitrogens with one attached hydrogen (secondary N) is 1. The summed E-state index contributed by atoms with van der Waals surface area (Å²) in [4.78, 5) is 2.69. The minimum Gasteiger partial charge on any atom is -0.394 e. The van der Waals surface area contributed by atoms with Gasteiger partial charge in [-0.15, -0.1) is 0 Å². The third-order valence-electron chi connectivity index (χ3n) is 4.79. The van der Waals surface area contributed by atoms with Crippen LogP contribution < -0.4 is 5.32 Å². The third kappa shape index (κ3) is 3.46. The summed E-state index contributed by atoms with van der Waals surface area (Å²) >= 11 is 0. The monoisotopic (exact) mass is 254 g/mol. The quantitative estimate of drug-likeness (QED) is 0.789. The summed E-state index contributed by atoms with van der Waals surface area (Å²) in [6.45, 7) is 6.09. The third-order valence-corrected chi connectivity index (χ3v) is 4.79. The summed E-state index contributed by atoms with van der Waals surface area (Å²) in [5.41, 5.74) is 0.0208. The average Bonchev–Trinajstić information content (AvgIpc) is 2.64. The van der Waals surface area contributed by atoms with E-state index in [4.69, 9.17) is 0 Å². The van der Waals surface area contributed by atoms with Crippen molar-refractivity contribution in [1.82, 2.24) is 10.2 Å². The Bertz CT molecular complexity index is 239. The van der Waals surface area contributed by atoms with E-state index in [1.54, 1.807) is 0 Å². The van der Waals surface area contributed by atoms with Gasteiger partial charge in [0.15, 0.2) is 0 Å². The van der Waals surface area contributed by atoms with E-state index in [-0.39, 0.29) is 5.54 Å². The summed E-state index contributed by atoms with van der Waals surface area (Å²) in [5.74, 6) is 0. The van der Waals surface area contributed by atoms with Gasteiger partial charge in [-0.25, -0.2) is 0 Å². The molecule has 2 unspecified atom stereocenters. The topological polar surface area (TPSA) is 35.5 Å². The van der Waals surface area contributed by atoms with E-state index in [2.05, 4.69) is 17.1 Å². The van der Waals surface area contributed by atoms with Gasteiger partial charge < -0.3 is 15.3 Å². The first-order valence-electron chi connectivity index (χ1n) is 7.89. The molecule has 2 aliphatic rings. The van der Waals surface area contributed by atoms with Crippen molar-refractivity contribution in [2.45, 2.75) is 69.9 Å². The molecule has 1 heterocycles. The zero-order chi connectivity index (χ0) is 12.8. The SMILES string of the molecule is CCCNC1(CO)CCC(N2CCCCCC2)C1. The molecule has 2 N–H and O–H groups in total. The smallest absolute Gasteiger partial charge is 0.0613 e. The summed E-state index contributed by atoms with van der Waals surface area (Å²) in [7, 11) is 0. The van der Waals surface area contributed by atoms with Crippen LogP contribution >= 0.6 is 0 Å².